The van der Waals surface area contributed by atoms with E-state index in [-0.39, 0.29) is 12.1 Å². The van der Waals surface area contributed by atoms with E-state index in [1.165, 1.54) is 24.3 Å². The van der Waals surface area contributed by atoms with E-state index in [2.05, 4.69) is 5.32 Å². The Hall–Kier alpha value is -1.06. The summed E-state index contributed by atoms with van der Waals surface area (Å²) in [5.74, 6) is -0.527. The first-order valence-electron chi connectivity index (χ1n) is 6.79. The summed E-state index contributed by atoms with van der Waals surface area (Å²) in [4.78, 5) is 12.5. The molecule has 0 saturated carbocycles. The van der Waals surface area contributed by atoms with Gasteiger partial charge in [0.05, 0.1) is 24.3 Å². The molecule has 5 atom stereocenters. The summed E-state index contributed by atoms with van der Waals surface area (Å²) in [6.45, 7) is -0.793. The maximum absolute atomic E-state index is 12.5. The molecular weight excluding hydrogens is 312 g/mol. The highest BCUT2D eigenvalue weighted by Crippen LogP contribution is 2.25. The average molecular weight is 331 g/mol. The molecule has 122 valence electrons. The minimum atomic E-state index is -1.64. The fourth-order valence-corrected chi connectivity index (χ4v) is 2.73. The molecule has 0 bridgehead atoms. The number of carbonyl (C=O) groups excluding carboxylic acids is 1. The predicted octanol–water partition coefficient (Wildman–Crippen LogP) is -1.73. The topological polar surface area (TPSA) is 136 Å². The van der Waals surface area contributed by atoms with Crippen LogP contribution in [-0.2, 0) is 0 Å². The van der Waals surface area contributed by atoms with Gasteiger partial charge >= 0.3 is 0 Å². The zero-order valence-electron chi connectivity index (χ0n) is 11.7. The van der Waals surface area contributed by atoms with Crippen molar-refractivity contribution in [3.05, 3.63) is 34.9 Å². The van der Waals surface area contributed by atoms with Crippen molar-refractivity contribution in [3.8, 4) is 0 Å². The van der Waals surface area contributed by atoms with Gasteiger partial charge in [0.1, 0.15) is 12.2 Å². The maximum atomic E-state index is 12.5. The summed E-state index contributed by atoms with van der Waals surface area (Å²) in [6.07, 6.45) is -4.34. The van der Waals surface area contributed by atoms with Gasteiger partial charge in [-0.25, -0.2) is 0 Å². The van der Waals surface area contributed by atoms with E-state index < -0.39 is 42.3 Å². The lowest BCUT2D eigenvalue weighted by molar-refractivity contribution is -0.136. The number of rotatable bonds is 4. The molecule has 8 heteroatoms. The van der Waals surface area contributed by atoms with Gasteiger partial charge in [0.25, 0.3) is 0 Å². The van der Waals surface area contributed by atoms with Crippen LogP contribution in [0.15, 0.2) is 24.3 Å². The standard InChI is InChI=1S/C14H19ClN2O5/c15-8-3-1-7(2-4-8)10(20)12(16)14(6-18)13(22)11(21)9(19)5-17-14/h1-4,9,11-13,17-19,21-22H,5-6,16H2. The van der Waals surface area contributed by atoms with Crippen LogP contribution in [0.4, 0.5) is 0 Å². The number of aliphatic hydroxyl groups is 4. The number of aliphatic hydroxyl groups excluding tert-OH is 4. The molecule has 1 saturated heterocycles. The first kappa shape index (κ1) is 17.3. The number of halogens is 1. The Labute approximate surface area is 132 Å². The summed E-state index contributed by atoms with van der Waals surface area (Å²) in [7, 11) is 0. The average Bonchev–Trinajstić information content (AvgIpc) is 2.53. The van der Waals surface area contributed by atoms with Crippen LogP contribution in [0, 0.1) is 0 Å². The van der Waals surface area contributed by atoms with Crippen LogP contribution < -0.4 is 11.1 Å². The van der Waals surface area contributed by atoms with Gasteiger partial charge in [-0.15, -0.1) is 0 Å². The quantitative estimate of drug-likeness (QED) is 0.361. The molecule has 1 fully saturated rings. The molecule has 0 spiro atoms. The van der Waals surface area contributed by atoms with Crippen molar-refractivity contribution in [2.45, 2.75) is 29.9 Å². The summed E-state index contributed by atoms with van der Waals surface area (Å²) < 4.78 is 0. The number of piperidine rings is 1. The van der Waals surface area contributed by atoms with Crippen LogP contribution in [0.1, 0.15) is 10.4 Å². The molecule has 0 amide bonds. The Bertz CT molecular complexity index is 541. The van der Waals surface area contributed by atoms with E-state index in [0.717, 1.165) is 0 Å². The fourth-order valence-electron chi connectivity index (χ4n) is 2.60. The Morgan fingerprint density at radius 2 is 1.95 bits per heavy atom. The molecule has 1 aromatic carbocycles. The number of nitrogens with one attached hydrogen (secondary N) is 1. The lowest BCUT2D eigenvalue weighted by Crippen LogP contribution is -2.77. The van der Waals surface area contributed by atoms with Crippen molar-refractivity contribution in [2.24, 2.45) is 5.73 Å². The molecule has 1 aliphatic rings. The summed E-state index contributed by atoms with van der Waals surface area (Å²) in [5, 5.41) is 42.4. The second kappa shape index (κ2) is 6.59. The van der Waals surface area contributed by atoms with Crippen molar-refractivity contribution in [2.75, 3.05) is 13.2 Å². The van der Waals surface area contributed by atoms with E-state index >= 15 is 0 Å². The highest BCUT2D eigenvalue weighted by atomic mass is 35.5. The number of Topliss-reactive ketones (excluding diaryl/α,β-unsaturated/α-hetero) is 1. The van der Waals surface area contributed by atoms with Crippen LogP contribution in [0.3, 0.4) is 0 Å². The van der Waals surface area contributed by atoms with Gasteiger partial charge in [-0.3, -0.25) is 4.79 Å². The van der Waals surface area contributed by atoms with E-state index in [1.54, 1.807) is 0 Å². The zero-order chi connectivity index (χ0) is 16.5. The second-order valence-corrected chi connectivity index (χ2v) is 5.87. The molecule has 1 aliphatic heterocycles. The van der Waals surface area contributed by atoms with Gasteiger partial charge in [-0.1, -0.05) is 11.6 Å². The molecule has 7 N–H and O–H groups in total. The number of ketones is 1. The monoisotopic (exact) mass is 330 g/mol. The largest absolute Gasteiger partial charge is 0.394 e. The second-order valence-electron chi connectivity index (χ2n) is 5.43. The Kier molecular flexibility index (Phi) is 5.18. The van der Waals surface area contributed by atoms with Crippen LogP contribution in [-0.4, -0.2) is 69.3 Å². The Balaban J connectivity index is 2.30. The van der Waals surface area contributed by atoms with E-state index in [1.807, 2.05) is 0 Å². The molecule has 5 unspecified atom stereocenters. The van der Waals surface area contributed by atoms with Crippen LogP contribution >= 0.6 is 11.6 Å². The molecule has 1 heterocycles. The van der Waals surface area contributed by atoms with Gasteiger partial charge in [0, 0.05) is 17.1 Å². The first-order valence-corrected chi connectivity index (χ1v) is 7.16. The number of hydrogen-bond donors (Lipinski definition) is 6. The number of benzene rings is 1. The molecule has 0 radical (unpaired) electrons. The van der Waals surface area contributed by atoms with Crippen molar-refractivity contribution in [1.82, 2.24) is 5.32 Å². The number of carbonyl (C=O) groups is 1. The third-order valence-corrected chi connectivity index (χ3v) is 4.37. The third-order valence-electron chi connectivity index (χ3n) is 4.11. The number of nitrogens with two attached hydrogens (primary N) is 1. The summed E-state index contributed by atoms with van der Waals surface area (Å²) in [5.41, 5.74) is 4.57. The van der Waals surface area contributed by atoms with Crippen LogP contribution in [0.2, 0.25) is 5.02 Å². The van der Waals surface area contributed by atoms with Crippen LogP contribution in [0.25, 0.3) is 0 Å². The highest BCUT2D eigenvalue weighted by molar-refractivity contribution is 6.30. The summed E-state index contributed by atoms with van der Waals surface area (Å²) in [6, 6.07) is 4.69. The van der Waals surface area contributed by atoms with Gasteiger partial charge in [0.2, 0.25) is 0 Å². The van der Waals surface area contributed by atoms with Gasteiger partial charge in [0.15, 0.2) is 5.78 Å². The normalized spacial score (nSPS) is 33.5. The summed E-state index contributed by atoms with van der Waals surface area (Å²) >= 11 is 5.76. The van der Waals surface area contributed by atoms with Crippen molar-refractivity contribution >= 4 is 17.4 Å². The molecule has 0 aromatic heterocycles. The SMILES string of the molecule is NC(C(=O)c1ccc(Cl)cc1)C1(CO)NCC(O)C(O)C1O. The van der Waals surface area contributed by atoms with E-state index in [9.17, 15) is 25.2 Å². The number of β-amino-alcohol motifs (C(OH)–C–C–N with tert-alkyl or cyclic N) is 1. The lowest BCUT2D eigenvalue weighted by Gasteiger charge is -2.47. The van der Waals surface area contributed by atoms with Gasteiger partial charge in [-0.2, -0.15) is 0 Å². The minimum absolute atomic E-state index is 0.111. The Morgan fingerprint density at radius 3 is 2.50 bits per heavy atom. The van der Waals surface area contributed by atoms with E-state index in [4.69, 9.17) is 17.3 Å². The molecule has 7 nitrogen and oxygen atoms in total. The van der Waals surface area contributed by atoms with Crippen LogP contribution in [0.5, 0.6) is 0 Å². The molecule has 1 aromatic rings. The molecule has 22 heavy (non-hydrogen) atoms. The maximum Gasteiger partial charge on any atom is 0.181 e. The zero-order valence-corrected chi connectivity index (χ0v) is 12.4. The van der Waals surface area contributed by atoms with Crippen molar-refractivity contribution < 1.29 is 25.2 Å². The first-order chi connectivity index (χ1) is 10.3. The van der Waals surface area contributed by atoms with Crippen molar-refractivity contribution in [3.63, 3.8) is 0 Å². The van der Waals surface area contributed by atoms with Crippen molar-refractivity contribution in [1.29, 1.82) is 0 Å². The van der Waals surface area contributed by atoms with Gasteiger partial charge < -0.3 is 31.5 Å². The highest BCUT2D eigenvalue weighted by Gasteiger charge is 2.53. The lowest BCUT2D eigenvalue weighted by atomic mass is 9.75. The van der Waals surface area contributed by atoms with E-state index in [0.29, 0.717) is 5.02 Å². The smallest absolute Gasteiger partial charge is 0.181 e. The van der Waals surface area contributed by atoms with Gasteiger partial charge in [-0.05, 0) is 24.3 Å². The number of hydrogen-bond acceptors (Lipinski definition) is 7. The Morgan fingerprint density at radius 1 is 1.36 bits per heavy atom. The fraction of sp³-hybridized carbons (Fsp3) is 0.500. The molecule has 0 aliphatic carbocycles. The predicted molar refractivity (Wildman–Crippen MR) is 79.6 cm³/mol. The third kappa shape index (κ3) is 2.89. The molecular formula is C14H19ClN2O5. The minimum Gasteiger partial charge on any atom is -0.394 e. The molecule has 2 rings (SSSR count).